The van der Waals surface area contributed by atoms with Gasteiger partial charge in [0.1, 0.15) is 0 Å². The Balaban J connectivity index is 1.69. The van der Waals surface area contributed by atoms with E-state index in [9.17, 15) is 4.79 Å². The van der Waals surface area contributed by atoms with Crippen LogP contribution < -0.4 is 4.90 Å². The zero-order valence-corrected chi connectivity index (χ0v) is 12.9. The van der Waals surface area contributed by atoms with Crippen molar-refractivity contribution in [3.63, 3.8) is 0 Å². The Morgan fingerprint density at radius 3 is 2.61 bits per heavy atom. The van der Waals surface area contributed by atoms with Crippen LogP contribution in [0.1, 0.15) is 22.3 Å². The Morgan fingerprint density at radius 1 is 0.913 bits per heavy atom. The Hall–Kier alpha value is -2.81. The zero-order valence-electron chi connectivity index (χ0n) is 12.9. The van der Waals surface area contributed by atoms with Crippen molar-refractivity contribution >= 4 is 11.6 Å². The van der Waals surface area contributed by atoms with Gasteiger partial charge in [0.15, 0.2) is 0 Å². The van der Waals surface area contributed by atoms with Gasteiger partial charge in [-0.05, 0) is 54.8 Å². The molecule has 3 heteroatoms. The highest BCUT2D eigenvalue weighted by molar-refractivity contribution is 6.07. The summed E-state index contributed by atoms with van der Waals surface area (Å²) >= 11 is 0. The van der Waals surface area contributed by atoms with Gasteiger partial charge in [0, 0.05) is 35.9 Å². The number of carbonyl (C=O) groups is 1. The maximum atomic E-state index is 13.0. The number of hydrogen-bond donors (Lipinski definition) is 0. The number of hydrogen-bond acceptors (Lipinski definition) is 1. The molecule has 23 heavy (non-hydrogen) atoms. The lowest BCUT2D eigenvalue weighted by Crippen LogP contribution is -2.35. The Bertz CT molecular complexity index is 836. The highest BCUT2D eigenvalue weighted by Gasteiger charge is 2.23. The molecule has 0 spiro atoms. The third-order valence-electron chi connectivity index (χ3n) is 4.35. The molecule has 0 aliphatic carbocycles. The third kappa shape index (κ3) is 2.55. The van der Waals surface area contributed by atoms with Gasteiger partial charge in [-0.2, -0.15) is 0 Å². The summed E-state index contributed by atoms with van der Waals surface area (Å²) in [6, 6.07) is 20.0. The van der Waals surface area contributed by atoms with Crippen LogP contribution in [-0.4, -0.2) is 17.0 Å². The van der Waals surface area contributed by atoms with Gasteiger partial charge in [0.05, 0.1) is 0 Å². The van der Waals surface area contributed by atoms with Crippen molar-refractivity contribution in [1.29, 1.82) is 0 Å². The molecule has 0 radical (unpaired) electrons. The molecule has 0 saturated carbocycles. The third-order valence-corrected chi connectivity index (χ3v) is 4.35. The van der Waals surface area contributed by atoms with Crippen molar-refractivity contribution < 1.29 is 4.79 Å². The van der Waals surface area contributed by atoms with Gasteiger partial charge in [-0.3, -0.25) is 4.79 Å². The molecule has 0 saturated heterocycles. The molecule has 114 valence electrons. The molecule has 1 aliphatic heterocycles. The molecule has 1 aliphatic rings. The second-order valence-corrected chi connectivity index (χ2v) is 5.83. The van der Waals surface area contributed by atoms with Crippen LogP contribution in [0.4, 0.5) is 5.69 Å². The summed E-state index contributed by atoms with van der Waals surface area (Å²) in [5.41, 5.74) is 4.04. The van der Waals surface area contributed by atoms with Gasteiger partial charge < -0.3 is 9.47 Å². The van der Waals surface area contributed by atoms with Crippen LogP contribution in [0.2, 0.25) is 0 Å². The second kappa shape index (κ2) is 5.76. The second-order valence-electron chi connectivity index (χ2n) is 5.83. The fraction of sp³-hybridized carbons (Fsp3) is 0.150. The van der Waals surface area contributed by atoms with Crippen LogP contribution in [0, 0.1) is 0 Å². The Kier molecular flexibility index (Phi) is 3.46. The number of nitrogens with zero attached hydrogens (tertiary/aromatic N) is 2. The summed E-state index contributed by atoms with van der Waals surface area (Å²) in [5, 5.41) is 0. The summed E-state index contributed by atoms with van der Waals surface area (Å²) in [5.74, 6) is 0.0751. The molecule has 4 rings (SSSR count). The number of aromatic nitrogens is 1. The number of benzene rings is 2. The van der Waals surface area contributed by atoms with Crippen molar-refractivity contribution in [2.24, 2.45) is 0 Å². The van der Waals surface area contributed by atoms with Gasteiger partial charge in [0.25, 0.3) is 5.91 Å². The average Bonchev–Trinajstić information content (AvgIpc) is 3.15. The predicted octanol–water partition coefficient (Wildman–Crippen LogP) is 4.07. The van der Waals surface area contributed by atoms with Crippen molar-refractivity contribution in [3.05, 3.63) is 84.2 Å². The van der Waals surface area contributed by atoms with E-state index in [1.807, 2.05) is 76.5 Å². The van der Waals surface area contributed by atoms with Gasteiger partial charge in [-0.1, -0.05) is 24.3 Å². The fourth-order valence-electron chi connectivity index (χ4n) is 3.21. The topological polar surface area (TPSA) is 25.2 Å². The quantitative estimate of drug-likeness (QED) is 0.700. The number of carbonyl (C=O) groups excluding carboxylic acids is 1. The molecular weight excluding hydrogens is 284 g/mol. The molecule has 0 bridgehead atoms. The number of rotatable bonds is 2. The number of fused-ring (bicyclic) bond motifs is 1. The molecule has 2 heterocycles. The predicted molar refractivity (Wildman–Crippen MR) is 92.2 cm³/mol. The van der Waals surface area contributed by atoms with Crippen LogP contribution in [0.3, 0.4) is 0 Å². The molecule has 1 amide bonds. The molecule has 3 nitrogen and oxygen atoms in total. The van der Waals surface area contributed by atoms with Crippen molar-refractivity contribution in [1.82, 2.24) is 4.57 Å². The first-order chi connectivity index (χ1) is 11.3. The van der Waals surface area contributed by atoms with Crippen molar-refractivity contribution in [2.45, 2.75) is 12.8 Å². The minimum atomic E-state index is 0.0751. The van der Waals surface area contributed by atoms with E-state index in [1.54, 1.807) is 0 Å². The van der Waals surface area contributed by atoms with E-state index >= 15 is 0 Å². The largest absolute Gasteiger partial charge is 0.324 e. The van der Waals surface area contributed by atoms with Crippen LogP contribution in [0.15, 0.2) is 73.1 Å². The Labute approximate surface area is 135 Å². The summed E-state index contributed by atoms with van der Waals surface area (Å²) in [6.45, 7) is 0.781. The van der Waals surface area contributed by atoms with E-state index in [4.69, 9.17) is 0 Å². The van der Waals surface area contributed by atoms with E-state index < -0.39 is 0 Å². The van der Waals surface area contributed by atoms with E-state index in [0.29, 0.717) is 0 Å². The highest BCUT2D eigenvalue weighted by atomic mass is 16.2. The zero-order chi connectivity index (χ0) is 15.6. The molecular formula is C20H18N2O. The van der Waals surface area contributed by atoms with Crippen LogP contribution >= 0.6 is 0 Å². The molecule has 0 N–H and O–H groups in total. The summed E-state index contributed by atoms with van der Waals surface area (Å²) in [4.78, 5) is 14.9. The highest BCUT2D eigenvalue weighted by Crippen LogP contribution is 2.28. The molecule has 2 aromatic carbocycles. The SMILES string of the molecule is O=C(c1cccc(-n2cccc2)c1)N1CCCc2ccccc21. The average molecular weight is 302 g/mol. The smallest absolute Gasteiger partial charge is 0.258 e. The number of aryl methyl sites for hydroxylation is 1. The summed E-state index contributed by atoms with van der Waals surface area (Å²) < 4.78 is 2.01. The fourth-order valence-corrected chi connectivity index (χ4v) is 3.21. The summed E-state index contributed by atoms with van der Waals surface area (Å²) in [6.07, 6.45) is 6.03. The first-order valence-corrected chi connectivity index (χ1v) is 7.96. The molecule has 1 aromatic heterocycles. The minimum Gasteiger partial charge on any atom is -0.324 e. The molecule has 0 fully saturated rings. The monoisotopic (exact) mass is 302 g/mol. The van der Waals surface area contributed by atoms with Gasteiger partial charge >= 0.3 is 0 Å². The first kappa shape index (κ1) is 13.8. The normalized spacial score (nSPS) is 13.7. The number of anilines is 1. The van der Waals surface area contributed by atoms with Crippen molar-refractivity contribution in [2.75, 3.05) is 11.4 Å². The van der Waals surface area contributed by atoms with E-state index in [1.165, 1.54) is 5.56 Å². The van der Waals surface area contributed by atoms with E-state index in [0.717, 1.165) is 36.3 Å². The lowest BCUT2D eigenvalue weighted by Gasteiger charge is -2.29. The maximum Gasteiger partial charge on any atom is 0.258 e. The van der Waals surface area contributed by atoms with Gasteiger partial charge in [-0.25, -0.2) is 0 Å². The van der Waals surface area contributed by atoms with Gasteiger partial charge in [-0.15, -0.1) is 0 Å². The summed E-state index contributed by atoms with van der Waals surface area (Å²) in [7, 11) is 0. The molecule has 0 atom stereocenters. The molecule has 3 aromatic rings. The maximum absolute atomic E-state index is 13.0. The molecule has 0 unspecified atom stereocenters. The van der Waals surface area contributed by atoms with Crippen LogP contribution in [-0.2, 0) is 6.42 Å². The standard InChI is InChI=1S/C20H18N2O/c23-20(22-14-6-9-16-7-1-2-11-19(16)22)17-8-5-10-18(15-17)21-12-3-4-13-21/h1-5,7-8,10-13,15H,6,9,14H2. The van der Waals surface area contributed by atoms with Crippen molar-refractivity contribution in [3.8, 4) is 5.69 Å². The van der Waals surface area contributed by atoms with E-state index in [-0.39, 0.29) is 5.91 Å². The number of amides is 1. The number of para-hydroxylation sites is 1. The lowest BCUT2D eigenvalue weighted by molar-refractivity contribution is 0.0985. The first-order valence-electron chi connectivity index (χ1n) is 7.96. The Morgan fingerprint density at radius 2 is 1.74 bits per heavy atom. The van der Waals surface area contributed by atoms with Crippen LogP contribution in [0.25, 0.3) is 5.69 Å². The van der Waals surface area contributed by atoms with Gasteiger partial charge in [0.2, 0.25) is 0 Å². The minimum absolute atomic E-state index is 0.0751. The van der Waals surface area contributed by atoms with E-state index in [2.05, 4.69) is 6.07 Å². The van der Waals surface area contributed by atoms with Crippen LogP contribution in [0.5, 0.6) is 0 Å². The lowest BCUT2D eigenvalue weighted by atomic mass is 10.0.